The number of rotatable bonds is 6. The second-order valence-corrected chi connectivity index (χ2v) is 4.26. The van der Waals surface area contributed by atoms with E-state index in [9.17, 15) is 0 Å². The van der Waals surface area contributed by atoms with Gasteiger partial charge in [-0.2, -0.15) is 0 Å². The van der Waals surface area contributed by atoms with E-state index in [2.05, 4.69) is 17.9 Å². The summed E-state index contributed by atoms with van der Waals surface area (Å²) in [4.78, 5) is 2.14. The maximum atomic E-state index is 5.74. The molecule has 3 nitrogen and oxygen atoms in total. The molecular weight excluding hydrogens is 200 g/mol. The molecule has 1 unspecified atom stereocenters. The Hall–Kier alpha value is -1.06. The molecule has 0 aliphatic heterocycles. The molecule has 3 heteroatoms. The quantitative estimate of drug-likeness (QED) is 0.795. The van der Waals surface area contributed by atoms with Crippen LogP contribution in [-0.4, -0.2) is 38.2 Å². The molecule has 0 spiro atoms. The summed E-state index contributed by atoms with van der Waals surface area (Å²) in [5.74, 6) is 0.969. The van der Waals surface area contributed by atoms with Crippen molar-refractivity contribution in [3.8, 4) is 5.75 Å². The minimum Gasteiger partial charge on any atom is -0.493 e. The maximum Gasteiger partial charge on any atom is 0.122 e. The van der Waals surface area contributed by atoms with Crippen LogP contribution in [0.1, 0.15) is 12.0 Å². The van der Waals surface area contributed by atoms with Crippen molar-refractivity contribution in [1.29, 1.82) is 0 Å². The number of hydrogen-bond donors (Lipinski definition) is 1. The predicted molar refractivity (Wildman–Crippen MR) is 67.8 cm³/mol. The summed E-state index contributed by atoms with van der Waals surface area (Å²) in [5.41, 5.74) is 6.86. The van der Waals surface area contributed by atoms with Crippen LogP contribution in [0.15, 0.2) is 24.3 Å². The van der Waals surface area contributed by atoms with E-state index in [0.717, 1.165) is 12.2 Å². The third kappa shape index (κ3) is 3.83. The molecule has 0 saturated heterocycles. The Balaban J connectivity index is 2.38. The van der Waals surface area contributed by atoms with Gasteiger partial charge in [0.05, 0.1) is 6.61 Å². The summed E-state index contributed by atoms with van der Waals surface area (Å²) in [6.07, 6.45) is 0.956. The van der Waals surface area contributed by atoms with Crippen molar-refractivity contribution >= 4 is 0 Å². The molecule has 0 fully saturated rings. The zero-order valence-electron chi connectivity index (χ0n) is 10.4. The minimum atomic E-state index is 0.393. The molecule has 0 aliphatic rings. The summed E-state index contributed by atoms with van der Waals surface area (Å²) in [5, 5.41) is 0. The van der Waals surface area contributed by atoms with E-state index < -0.39 is 0 Å². The van der Waals surface area contributed by atoms with Crippen LogP contribution < -0.4 is 10.5 Å². The van der Waals surface area contributed by atoms with Crippen LogP contribution in [0.25, 0.3) is 0 Å². The van der Waals surface area contributed by atoms with Crippen LogP contribution in [0, 0.1) is 6.92 Å². The molecule has 0 aliphatic carbocycles. The Morgan fingerprint density at radius 2 is 2.00 bits per heavy atom. The average Bonchev–Trinajstić information content (AvgIpc) is 2.26. The average molecular weight is 222 g/mol. The Morgan fingerprint density at radius 1 is 1.31 bits per heavy atom. The largest absolute Gasteiger partial charge is 0.493 e. The summed E-state index contributed by atoms with van der Waals surface area (Å²) >= 11 is 0. The Kier molecular flexibility index (Phi) is 5.29. The molecule has 90 valence electrons. The lowest BCUT2D eigenvalue weighted by molar-refractivity contribution is 0.225. The fourth-order valence-corrected chi connectivity index (χ4v) is 1.61. The lowest BCUT2D eigenvalue weighted by Gasteiger charge is -2.22. The van der Waals surface area contributed by atoms with Gasteiger partial charge in [0.15, 0.2) is 0 Å². The number of nitrogens with two attached hydrogens (primary N) is 1. The molecule has 0 radical (unpaired) electrons. The monoisotopic (exact) mass is 222 g/mol. The second kappa shape index (κ2) is 6.51. The van der Waals surface area contributed by atoms with Gasteiger partial charge in [0, 0.05) is 12.6 Å². The fourth-order valence-electron chi connectivity index (χ4n) is 1.61. The zero-order chi connectivity index (χ0) is 12.0. The van der Waals surface area contributed by atoms with E-state index in [0.29, 0.717) is 19.2 Å². The van der Waals surface area contributed by atoms with E-state index >= 15 is 0 Å². The van der Waals surface area contributed by atoms with Gasteiger partial charge in [-0.3, -0.25) is 0 Å². The third-order valence-corrected chi connectivity index (χ3v) is 2.80. The van der Waals surface area contributed by atoms with Gasteiger partial charge in [0.2, 0.25) is 0 Å². The number of para-hydroxylation sites is 1. The van der Waals surface area contributed by atoms with Gasteiger partial charge < -0.3 is 15.4 Å². The molecule has 1 rings (SSSR count). The molecule has 0 heterocycles. The second-order valence-electron chi connectivity index (χ2n) is 4.26. The number of ether oxygens (including phenoxy) is 1. The molecule has 1 aromatic rings. The first-order chi connectivity index (χ1) is 7.65. The Bertz CT molecular complexity index is 313. The maximum absolute atomic E-state index is 5.74. The van der Waals surface area contributed by atoms with Crippen molar-refractivity contribution in [3.05, 3.63) is 29.8 Å². The molecule has 0 bridgehead atoms. The number of aryl methyl sites for hydroxylation is 1. The highest BCUT2D eigenvalue weighted by Crippen LogP contribution is 2.16. The van der Waals surface area contributed by atoms with Crippen molar-refractivity contribution in [2.75, 3.05) is 27.2 Å². The van der Waals surface area contributed by atoms with Crippen molar-refractivity contribution in [3.63, 3.8) is 0 Å². The topological polar surface area (TPSA) is 38.5 Å². The van der Waals surface area contributed by atoms with E-state index in [1.807, 2.05) is 32.3 Å². The minimum absolute atomic E-state index is 0.393. The van der Waals surface area contributed by atoms with Crippen molar-refractivity contribution in [1.82, 2.24) is 4.90 Å². The first-order valence-electron chi connectivity index (χ1n) is 5.70. The van der Waals surface area contributed by atoms with Crippen LogP contribution in [0.4, 0.5) is 0 Å². The number of hydrogen-bond acceptors (Lipinski definition) is 3. The normalized spacial score (nSPS) is 12.8. The number of benzene rings is 1. The van der Waals surface area contributed by atoms with E-state index in [1.54, 1.807) is 0 Å². The number of likely N-dealkylation sites (N-methyl/N-ethyl adjacent to an activating group) is 1. The Morgan fingerprint density at radius 3 is 2.56 bits per heavy atom. The molecule has 1 aromatic carbocycles. The van der Waals surface area contributed by atoms with Crippen molar-refractivity contribution < 1.29 is 4.74 Å². The number of nitrogens with zero attached hydrogens (tertiary/aromatic N) is 1. The van der Waals surface area contributed by atoms with Gasteiger partial charge in [0.25, 0.3) is 0 Å². The zero-order valence-corrected chi connectivity index (χ0v) is 10.4. The summed E-state index contributed by atoms with van der Waals surface area (Å²) in [7, 11) is 4.09. The summed E-state index contributed by atoms with van der Waals surface area (Å²) in [6, 6.07) is 8.47. The van der Waals surface area contributed by atoms with Gasteiger partial charge >= 0.3 is 0 Å². The van der Waals surface area contributed by atoms with E-state index in [4.69, 9.17) is 10.5 Å². The van der Waals surface area contributed by atoms with Gasteiger partial charge in [-0.25, -0.2) is 0 Å². The molecule has 0 amide bonds. The third-order valence-electron chi connectivity index (χ3n) is 2.80. The van der Waals surface area contributed by atoms with E-state index in [1.165, 1.54) is 5.56 Å². The smallest absolute Gasteiger partial charge is 0.122 e. The first-order valence-corrected chi connectivity index (χ1v) is 5.70. The highest BCUT2D eigenvalue weighted by atomic mass is 16.5. The summed E-state index contributed by atoms with van der Waals surface area (Å²) in [6.45, 7) is 3.44. The lowest BCUT2D eigenvalue weighted by Crippen LogP contribution is -2.36. The molecule has 0 saturated carbocycles. The Labute approximate surface area is 98.2 Å². The van der Waals surface area contributed by atoms with Crippen LogP contribution in [-0.2, 0) is 0 Å². The highest BCUT2D eigenvalue weighted by Gasteiger charge is 2.09. The van der Waals surface area contributed by atoms with Gasteiger partial charge in [-0.15, -0.1) is 0 Å². The van der Waals surface area contributed by atoms with Crippen LogP contribution in [0.3, 0.4) is 0 Å². The van der Waals surface area contributed by atoms with Gasteiger partial charge in [-0.05, 0) is 39.1 Å². The summed E-state index contributed by atoms with van der Waals surface area (Å²) < 4.78 is 5.74. The predicted octanol–water partition coefficient (Wildman–Crippen LogP) is 1.65. The molecule has 1 atom stereocenters. The van der Waals surface area contributed by atoms with Crippen LogP contribution in [0.2, 0.25) is 0 Å². The van der Waals surface area contributed by atoms with Gasteiger partial charge in [-0.1, -0.05) is 18.2 Å². The molecule has 0 aromatic heterocycles. The van der Waals surface area contributed by atoms with Crippen LogP contribution in [0.5, 0.6) is 5.75 Å². The standard InChI is InChI=1S/C13H22N2O/c1-11-6-4-5-7-13(11)16-9-8-12(10-14)15(2)3/h4-7,12H,8-10,14H2,1-3H3. The fraction of sp³-hybridized carbons (Fsp3) is 0.538. The van der Waals surface area contributed by atoms with Crippen LogP contribution >= 0.6 is 0 Å². The molecule has 2 N–H and O–H groups in total. The van der Waals surface area contributed by atoms with Crippen molar-refractivity contribution in [2.24, 2.45) is 5.73 Å². The van der Waals surface area contributed by atoms with Crippen molar-refractivity contribution in [2.45, 2.75) is 19.4 Å². The lowest BCUT2D eigenvalue weighted by atomic mass is 10.2. The first kappa shape index (κ1) is 13.0. The van der Waals surface area contributed by atoms with Gasteiger partial charge in [0.1, 0.15) is 5.75 Å². The highest BCUT2D eigenvalue weighted by molar-refractivity contribution is 5.31. The molecular formula is C13H22N2O. The van der Waals surface area contributed by atoms with E-state index in [-0.39, 0.29) is 0 Å². The SMILES string of the molecule is Cc1ccccc1OCCC(CN)N(C)C. The molecule has 16 heavy (non-hydrogen) atoms.